The van der Waals surface area contributed by atoms with Gasteiger partial charge >= 0.3 is 0 Å². The lowest BCUT2D eigenvalue weighted by atomic mass is 10.1. The Bertz CT molecular complexity index is 1570. The highest BCUT2D eigenvalue weighted by Crippen LogP contribution is 2.35. The van der Waals surface area contributed by atoms with Crippen LogP contribution in [-0.4, -0.2) is 11.7 Å². The molecule has 0 radical (unpaired) electrons. The molecule has 5 rings (SSSR count). The lowest BCUT2D eigenvalue weighted by Crippen LogP contribution is -2.10. The van der Waals surface area contributed by atoms with Gasteiger partial charge in [0.25, 0.3) is 5.91 Å². The summed E-state index contributed by atoms with van der Waals surface area (Å²) in [6.45, 7) is 0. The summed E-state index contributed by atoms with van der Waals surface area (Å²) in [6, 6.07) is 31.4. The molecular formula is C30H20ClNO3S. The second-order valence-electron chi connectivity index (χ2n) is 7.96. The van der Waals surface area contributed by atoms with Crippen molar-refractivity contribution in [2.75, 3.05) is 5.32 Å². The van der Waals surface area contributed by atoms with Crippen LogP contribution in [0, 0.1) is 0 Å². The summed E-state index contributed by atoms with van der Waals surface area (Å²) in [6.07, 6.45) is 3.27. The number of allylic oxidation sites excluding steroid dienone is 1. The van der Waals surface area contributed by atoms with Crippen molar-refractivity contribution in [3.05, 3.63) is 130 Å². The Kier molecular flexibility index (Phi) is 6.94. The van der Waals surface area contributed by atoms with Crippen LogP contribution in [0.5, 0.6) is 11.5 Å². The fourth-order valence-electron chi connectivity index (χ4n) is 3.64. The normalized spacial score (nSPS) is 11.0. The van der Waals surface area contributed by atoms with Gasteiger partial charge in [-0.05, 0) is 66.2 Å². The van der Waals surface area contributed by atoms with E-state index in [-0.39, 0.29) is 11.7 Å². The largest absolute Gasteiger partial charge is 0.457 e. The van der Waals surface area contributed by atoms with Crippen LogP contribution in [0.15, 0.2) is 109 Å². The highest BCUT2D eigenvalue weighted by Gasteiger charge is 2.17. The standard InChI is InChI=1S/C30H20ClNO3S/c31-28-25-11-4-5-12-27(25)36-29(28)30(34)32-22-16-14-21(15-17-22)26(33)18-13-20-7-6-10-24(19-20)35-23-8-2-1-3-9-23/h1-19H,(H,32,34)/b18-13+. The third kappa shape index (κ3) is 5.38. The summed E-state index contributed by atoms with van der Waals surface area (Å²) < 4.78 is 6.81. The minimum Gasteiger partial charge on any atom is -0.457 e. The van der Waals surface area contributed by atoms with Gasteiger partial charge in [0.2, 0.25) is 0 Å². The van der Waals surface area contributed by atoms with Gasteiger partial charge in [0.1, 0.15) is 16.4 Å². The van der Waals surface area contributed by atoms with Crippen molar-refractivity contribution in [3.63, 3.8) is 0 Å². The fourth-order valence-corrected chi connectivity index (χ4v) is 5.05. The highest BCUT2D eigenvalue weighted by molar-refractivity contribution is 7.21. The van der Waals surface area contributed by atoms with Crippen molar-refractivity contribution in [2.24, 2.45) is 0 Å². The number of rotatable bonds is 7. The molecule has 0 saturated heterocycles. The van der Waals surface area contributed by atoms with Crippen LogP contribution in [0.25, 0.3) is 16.2 Å². The lowest BCUT2D eigenvalue weighted by molar-refractivity contribution is 0.102. The topological polar surface area (TPSA) is 55.4 Å². The van der Waals surface area contributed by atoms with E-state index in [2.05, 4.69) is 5.32 Å². The Hall–Kier alpha value is -4.19. The maximum absolute atomic E-state index is 12.8. The number of thiophene rings is 1. The number of benzene rings is 4. The molecule has 0 spiro atoms. The molecule has 1 aromatic heterocycles. The Morgan fingerprint density at radius 3 is 2.31 bits per heavy atom. The Morgan fingerprint density at radius 2 is 1.53 bits per heavy atom. The van der Waals surface area contributed by atoms with Crippen molar-refractivity contribution >= 4 is 56.5 Å². The van der Waals surface area contributed by atoms with E-state index >= 15 is 0 Å². The van der Waals surface area contributed by atoms with Gasteiger partial charge in [0, 0.05) is 21.3 Å². The lowest BCUT2D eigenvalue weighted by Gasteiger charge is -2.06. The zero-order valence-corrected chi connectivity index (χ0v) is 20.6. The zero-order chi connectivity index (χ0) is 24.9. The first kappa shape index (κ1) is 23.5. The number of ether oxygens (including phenoxy) is 1. The van der Waals surface area contributed by atoms with Crippen molar-refractivity contribution < 1.29 is 14.3 Å². The van der Waals surface area contributed by atoms with Crippen LogP contribution >= 0.6 is 22.9 Å². The van der Waals surface area contributed by atoms with E-state index in [1.807, 2.05) is 78.9 Å². The number of anilines is 1. The SMILES string of the molecule is O=C(/C=C/c1cccc(Oc2ccccc2)c1)c1ccc(NC(=O)c2sc3ccccc3c2Cl)cc1. The molecule has 4 aromatic carbocycles. The summed E-state index contributed by atoms with van der Waals surface area (Å²) >= 11 is 7.76. The van der Waals surface area contributed by atoms with Gasteiger partial charge in [0.15, 0.2) is 5.78 Å². The molecule has 1 amide bonds. The first-order valence-electron chi connectivity index (χ1n) is 11.2. The van der Waals surface area contributed by atoms with E-state index in [0.717, 1.165) is 21.4 Å². The first-order valence-corrected chi connectivity index (χ1v) is 12.4. The monoisotopic (exact) mass is 509 g/mol. The number of ketones is 1. The Labute approximate surface area is 217 Å². The van der Waals surface area contributed by atoms with E-state index in [1.165, 1.54) is 17.4 Å². The summed E-state index contributed by atoms with van der Waals surface area (Å²) in [4.78, 5) is 25.9. The van der Waals surface area contributed by atoms with Crippen LogP contribution in [0.4, 0.5) is 5.69 Å². The van der Waals surface area contributed by atoms with Gasteiger partial charge in [-0.2, -0.15) is 0 Å². The van der Waals surface area contributed by atoms with Crippen LogP contribution in [0.3, 0.4) is 0 Å². The Balaban J connectivity index is 1.23. The van der Waals surface area contributed by atoms with E-state index in [4.69, 9.17) is 16.3 Å². The number of carbonyl (C=O) groups is 2. The van der Waals surface area contributed by atoms with Gasteiger partial charge in [-0.15, -0.1) is 11.3 Å². The summed E-state index contributed by atoms with van der Waals surface area (Å²) in [5.74, 6) is 1.01. The predicted molar refractivity (Wildman–Crippen MR) is 148 cm³/mol. The number of amides is 1. The first-order chi connectivity index (χ1) is 17.6. The smallest absolute Gasteiger partial charge is 0.267 e. The van der Waals surface area contributed by atoms with E-state index in [0.29, 0.717) is 26.9 Å². The van der Waals surface area contributed by atoms with Crippen molar-refractivity contribution in [1.29, 1.82) is 0 Å². The van der Waals surface area contributed by atoms with Gasteiger partial charge in [0.05, 0.1) is 5.02 Å². The molecule has 0 atom stereocenters. The van der Waals surface area contributed by atoms with Crippen molar-refractivity contribution in [1.82, 2.24) is 0 Å². The second kappa shape index (κ2) is 10.6. The van der Waals surface area contributed by atoms with Crippen molar-refractivity contribution in [2.45, 2.75) is 0 Å². The molecular weight excluding hydrogens is 490 g/mol. The average molecular weight is 510 g/mol. The Morgan fingerprint density at radius 1 is 0.806 bits per heavy atom. The third-order valence-corrected chi connectivity index (χ3v) is 7.11. The van der Waals surface area contributed by atoms with E-state index in [1.54, 1.807) is 30.3 Å². The van der Waals surface area contributed by atoms with Crippen molar-refractivity contribution in [3.8, 4) is 11.5 Å². The molecule has 1 heterocycles. The molecule has 0 saturated carbocycles. The summed E-state index contributed by atoms with van der Waals surface area (Å²) in [5.41, 5.74) is 1.95. The quantitative estimate of drug-likeness (QED) is 0.177. The molecule has 1 N–H and O–H groups in total. The minimum atomic E-state index is -0.280. The third-order valence-electron chi connectivity index (χ3n) is 5.43. The van der Waals surface area contributed by atoms with Gasteiger partial charge < -0.3 is 10.1 Å². The molecule has 0 aliphatic heterocycles. The van der Waals surface area contributed by atoms with Gasteiger partial charge in [-0.25, -0.2) is 0 Å². The second-order valence-corrected chi connectivity index (χ2v) is 9.39. The zero-order valence-electron chi connectivity index (χ0n) is 19.0. The summed E-state index contributed by atoms with van der Waals surface area (Å²) in [7, 11) is 0. The molecule has 0 bridgehead atoms. The van der Waals surface area contributed by atoms with Gasteiger partial charge in [-0.1, -0.05) is 66.2 Å². The highest BCUT2D eigenvalue weighted by atomic mass is 35.5. The molecule has 0 fully saturated rings. The molecule has 4 nitrogen and oxygen atoms in total. The van der Waals surface area contributed by atoms with E-state index < -0.39 is 0 Å². The number of fused-ring (bicyclic) bond motifs is 1. The summed E-state index contributed by atoms with van der Waals surface area (Å²) in [5, 5.41) is 4.16. The van der Waals surface area contributed by atoms with Crippen LogP contribution in [-0.2, 0) is 0 Å². The molecule has 0 aliphatic carbocycles. The minimum absolute atomic E-state index is 0.144. The number of carbonyl (C=O) groups excluding carboxylic acids is 2. The molecule has 0 unspecified atom stereocenters. The van der Waals surface area contributed by atoms with Gasteiger partial charge in [-0.3, -0.25) is 9.59 Å². The predicted octanol–water partition coefficient (Wildman–Crippen LogP) is 8.50. The number of hydrogen-bond donors (Lipinski definition) is 1. The van der Waals surface area contributed by atoms with Crippen LogP contribution < -0.4 is 10.1 Å². The van der Waals surface area contributed by atoms with Crippen LogP contribution in [0.1, 0.15) is 25.6 Å². The average Bonchev–Trinajstić information content (AvgIpc) is 3.25. The molecule has 6 heteroatoms. The number of nitrogens with one attached hydrogen (secondary N) is 1. The molecule has 176 valence electrons. The maximum atomic E-state index is 12.8. The fraction of sp³-hybridized carbons (Fsp3) is 0. The number of hydrogen-bond acceptors (Lipinski definition) is 4. The number of halogens is 1. The molecule has 0 aliphatic rings. The van der Waals surface area contributed by atoms with Crippen LogP contribution in [0.2, 0.25) is 5.02 Å². The maximum Gasteiger partial charge on any atom is 0.267 e. The molecule has 36 heavy (non-hydrogen) atoms. The van der Waals surface area contributed by atoms with E-state index in [9.17, 15) is 9.59 Å². The number of para-hydroxylation sites is 1. The molecule has 5 aromatic rings.